The Kier molecular flexibility index (Phi) is 5.71. The Bertz CT molecular complexity index is 1020. The van der Waals surface area contributed by atoms with Crippen molar-refractivity contribution in [1.82, 2.24) is 9.55 Å². The number of hydrogen-bond donors (Lipinski definition) is 1. The summed E-state index contributed by atoms with van der Waals surface area (Å²) < 4.78 is 8.21. The van der Waals surface area contributed by atoms with E-state index in [9.17, 15) is 9.59 Å². The van der Waals surface area contributed by atoms with E-state index in [1.807, 2.05) is 50.4 Å². The molecule has 8 heteroatoms. The second-order valence-electron chi connectivity index (χ2n) is 7.24. The average molecular weight is 462 g/mol. The van der Waals surface area contributed by atoms with Crippen molar-refractivity contribution in [1.29, 1.82) is 0 Å². The summed E-state index contributed by atoms with van der Waals surface area (Å²) in [4.78, 5) is 29.5. The Labute approximate surface area is 175 Å². The zero-order chi connectivity index (χ0) is 20.5. The lowest BCUT2D eigenvalue weighted by molar-refractivity contribution is 0.00722. The summed E-state index contributed by atoms with van der Waals surface area (Å²) >= 11 is 4.70. The number of aryl methyl sites for hydroxylation is 1. The Hall–Kier alpha value is -2.45. The second kappa shape index (κ2) is 7.89. The standard InChI is InChI=1S/C20H20BrN3O3S/c1-20(2,3)27-19(26)16-14(12-5-7-13(21)8-6-12)10-28-18(16)23-17(25)15-9-24(4)11-22-15/h5-11H,1-4H3,(H,23,25). The average Bonchev–Trinajstić information content (AvgIpc) is 3.20. The predicted octanol–water partition coefficient (Wildman–Crippen LogP) is 5.12. The lowest BCUT2D eigenvalue weighted by atomic mass is 10.0. The minimum atomic E-state index is -0.654. The molecule has 0 saturated carbocycles. The molecule has 28 heavy (non-hydrogen) atoms. The van der Waals surface area contributed by atoms with E-state index < -0.39 is 11.6 Å². The molecule has 0 aliphatic heterocycles. The van der Waals surface area contributed by atoms with Crippen molar-refractivity contribution >= 4 is 44.1 Å². The third-order valence-electron chi connectivity index (χ3n) is 3.71. The lowest BCUT2D eigenvalue weighted by Gasteiger charge is -2.20. The number of halogens is 1. The van der Waals surface area contributed by atoms with Gasteiger partial charge in [-0.2, -0.15) is 0 Å². The molecule has 3 rings (SSSR count). The van der Waals surface area contributed by atoms with Crippen molar-refractivity contribution in [2.45, 2.75) is 26.4 Å². The Morgan fingerprint density at radius 3 is 2.46 bits per heavy atom. The fraction of sp³-hybridized carbons (Fsp3) is 0.250. The topological polar surface area (TPSA) is 73.2 Å². The molecule has 0 unspecified atom stereocenters. The summed E-state index contributed by atoms with van der Waals surface area (Å²) in [5.41, 5.74) is 1.53. The SMILES string of the molecule is Cn1cnc(C(=O)Nc2scc(-c3ccc(Br)cc3)c2C(=O)OC(C)(C)C)c1. The highest BCUT2D eigenvalue weighted by molar-refractivity contribution is 9.10. The number of ether oxygens (including phenoxy) is 1. The van der Waals surface area contributed by atoms with Gasteiger partial charge in [0, 0.05) is 28.7 Å². The van der Waals surface area contributed by atoms with Crippen LogP contribution in [0.1, 0.15) is 41.6 Å². The highest BCUT2D eigenvalue weighted by Gasteiger charge is 2.27. The summed E-state index contributed by atoms with van der Waals surface area (Å²) in [6.45, 7) is 5.42. The molecule has 0 saturated heterocycles. The highest BCUT2D eigenvalue weighted by Crippen LogP contribution is 2.37. The molecule has 3 aromatic rings. The molecule has 0 atom stereocenters. The molecule has 0 radical (unpaired) electrons. The molecule has 0 fully saturated rings. The first-order valence-electron chi connectivity index (χ1n) is 8.54. The summed E-state index contributed by atoms with van der Waals surface area (Å²) in [6.07, 6.45) is 3.16. The molecule has 1 aromatic carbocycles. The van der Waals surface area contributed by atoms with Gasteiger partial charge in [-0.05, 0) is 38.5 Å². The monoisotopic (exact) mass is 461 g/mol. The smallest absolute Gasteiger partial charge is 0.342 e. The first-order valence-corrected chi connectivity index (χ1v) is 10.2. The fourth-order valence-corrected chi connectivity index (χ4v) is 3.74. The van der Waals surface area contributed by atoms with Crippen LogP contribution in [0.5, 0.6) is 0 Å². The number of rotatable bonds is 4. The quantitative estimate of drug-likeness (QED) is 0.547. The molecule has 0 spiro atoms. The Balaban J connectivity index is 2.00. The van der Waals surface area contributed by atoms with Gasteiger partial charge < -0.3 is 14.6 Å². The van der Waals surface area contributed by atoms with E-state index in [1.165, 1.54) is 11.3 Å². The van der Waals surface area contributed by atoms with Crippen LogP contribution >= 0.6 is 27.3 Å². The van der Waals surface area contributed by atoms with E-state index in [-0.39, 0.29) is 11.6 Å². The maximum Gasteiger partial charge on any atom is 0.342 e. The van der Waals surface area contributed by atoms with Crippen LogP contribution in [0.25, 0.3) is 11.1 Å². The number of amides is 1. The van der Waals surface area contributed by atoms with Crippen molar-refractivity contribution in [3.8, 4) is 11.1 Å². The number of thiophene rings is 1. The van der Waals surface area contributed by atoms with E-state index in [1.54, 1.807) is 24.1 Å². The van der Waals surface area contributed by atoms with Gasteiger partial charge in [-0.15, -0.1) is 11.3 Å². The number of anilines is 1. The minimum absolute atomic E-state index is 0.274. The van der Waals surface area contributed by atoms with Gasteiger partial charge in [-0.1, -0.05) is 28.1 Å². The zero-order valence-electron chi connectivity index (χ0n) is 15.9. The van der Waals surface area contributed by atoms with Crippen LogP contribution in [0, 0.1) is 0 Å². The van der Waals surface area contributed by atoms with Crippen LogP contribution < -0.4 is 5.32 Å². The Morgan fingerprint density at radius 2 is 1.89 bits per heavy atom. The number of imidazole rings is 1. The molecule has 0 aliphatic rings. The van der Waals surface area contributed by atoms with E-state index in [0.717, 1.165) is 10.0 Å². The van der Waals surface area contributed by atoms with Crippen LogP contribution in [0.2, 0.25) is 0 Å². The third-order valence-corrected chi connectivity index (χ3v) is 5.14. The second-order valence-corrected chi connectivity index (χ2v) is 9.04. The number of benzene rings is 1. The minimum Gasteiger partial charge on any atom is -0.456 e. The van der Waals surface area contributed by atoms with Crippen molar-refractivity contribution < 1.29 is 14.3 Å². The van der Waals surface area contributed by atoms with Gasteiger partial charge in [-0.25, -0.2) is 9.78 Å². The first kappa shape index (κ1) is 20.3. The van der Waals surface area contributed by atoms with Crippen LogP contribution in [0.3, 0.4) is 0 Å². The molecule has 0 aliphatic carbocycles. The maximum absolute atomic E-state index is 12.9. The van der Waals surface area contributed by atoms with E-state index >= 15 is 0 Å². The van der Waals surface area contributed by atoms with Gasteiger partial charge in [0.05, 0.1) is 6.33 Å². The predicted molar refractivity (Wildman–Crippen MR) is 114 cm³/mol. The fourth-order valence-electron chi connectivity index (χ4n) is 2.52. The molecule has 0 bridgehead atoms. The molecular formula is C20H20BrN3O3S. The number of carbonyl (C=O) groups excluding carboxylic acids is 2. The Morgan fingerprint density at radius 1 is 1.21 bits per heavy atom. The van der Waals surface area contributed by atoms with Crippen LogP contribution in [0.15, 0.2) is 46.6 Å². The normalized spacial score (nSPS) is 11.3. The molecule has 2 heterocycles. The molecule has 1 amide bonds. The molecule has 6 nitrogen and oxygen atoms in total. The van der Waals surface area contributed by atoms with Gasteiger partial charge in [0.25, 0.3) is 5.91 Å². The van der Waals surface area contributed by atoms with Crippen LogP contribution in [-0.2, 0) is 11.8 Å². The highest BCUT2D eigenvalue weighted by atomic mass is 79.9. The zero-order valence-corrected chi connectivity index (χ0v) is 18.3. The van der Waals surface area contributed by atoms with Gasteiger partial charge >= 0.3 is 5.97 Å². The van der Waals surface area contributed by atoms with Gasteiger partial charge in [-0.3, -0.25) is 4.79 Å². The van der Waals surface area contributed by atoms with Crippen molar-refractivity contribution in [3.05, 3.63) is 57.9 Å². The van der Waals surface area contributed by atoms with E-state index in [0.29, 0.717) is 16.1 Å². The third kappa shape index (κ3) is 4.69. The number of carbonyl (C=O) groups is 2. The summed E-state index contributed by atoms with van der Waals surface area (Å²) in [6, 6.07) is 7.62. The van der Waals surface area contributed by atoms with Crippen molar-refractivity contribution in [3.63, 3.8) is 0 Å². The summed E-state index contributed by atoms with van der Waals surface area (Å²) in [5.74, 6) is -0.863. The number of nitrogens with one attached hydrogen (secondary N) is 1. The van der Waals surface area contributed by atoms with Crippen molar-refractivity contribution in [2.24, 2.45) is 7.05 Å². The lowest BCUT2D eigenvalue weighted by Crippen LogP contribution is -2.25. The largest absolute Gasteiger partial charge is 0.456 e. The van der Waals surface area contributed by atoms with Crippen molar-refractivity contribution in [2.75, 3.05) is 5.32 Å². The van der Waals surface area contributed by atoms with Gasteiger partial charge in [0.2, 0.25) is 0 Å². The number of aromatic nitrogens is 2. The van der Waals surface area contributed by atoms with E-state index in [4.69, 9.17) is 4.74 Å². The molecular weight excluding hydrogens is 442 g/mol. The van der Waals surface area contributed by atoms with Crippen LogP contribution in [-0.4, -0.2) is 27.0 Å². The molecule has 2 aromatic heterocycles. The first-order chi connectivity index (χ1) is 13.1. The molecule has 146 valence electrons. The van der Waals surface area contributed by atoms with E-state index in [2.05, 4.69) is 26.2 Å². The molecule has 1 N–H and O–H groups in total. The number of hydrogen-bond acceptors (Lipinski definition) is 5. The number of nitrogens with zero attached hydrogens (tertiary/aromatic N) is 2. The summed E-state index contributed by atoms with van der Waals surface area (Å²) in [7, 11) is 1.78. The maximum atomic E-state index is 12.9. The van der Waals surface area contributed by atoms with Gasteiger partial charge in [0.15, 0.2) is 0 Å². The van der Waals surface area contributed by atoms with Crippen LogP contribution in [0.4, 0.5) is 5.00 Å². The van der Waals surface area contributed by atoms with Gasteiger partial charge in [0.1, 0.15) is 21.9 Å². The number of esters is 1. The summed E-state index contributed by atoms with van der Waals surface area (Å²) in [5, 5.41) is 5.08.